The van der Waals surface area contributed by atoms with Crippen molar-refractivity contribution in [3.63, 3.8) is 0 Å². The van der Waals surface area contributed by atoms with Gasteiger partial charge in [-0.2, -0.15) is 0 Å². The number of carbonyl (C=O) groups is 2. The molecule has 0 aromatic carbocycles. The molecule has 82 valence electrons. The minimum atomic E-state index is -2.58. The maximum absolute atomic E-state index is 10.7. The van der Waals surface area contributed by atoms with Gasteiger partial charge in [0, 0.05) is 5.25 Å². The average molecular weight is 224 g/mol. The predicted octanol–water partition coefficient (Wildman–Crippen LogP) is -0.937. The van der Waals surface area contributed by atoms with E-state index in [4.69, 9.17) is 5.11 Å². The molecule has 0 rings (SSSR count). The number of carbonyl (C=O) groups excluding carboxylic acids is 1. The molecule has 0 radical (unpaired) electrons. The SMILES string of the molecule is COC(=O)NC(C(=O)O)C(C)S(=O)[O-]. The lowest BCUT2D eigenvalue weighted by atomic mass is 10.2. The number of alkyl carbamates (subject to hydrolysis) is 1. The van der Waals surface area contributed by atoms with Crippen LogP contribution in [0.1, 0.15) is 6.92 Å². The standard InChI is InChI=1S/C6H11NO6S/c1-3(14(11)12)4(5(8)9)7-6(10)13-2/h3-4H,1-2H3,(H,7,10)(H,8,9)(H,11,12)/p-1. The summed E-state index contributed by atoms with van der Waals surface area (Å²) in [5.74, 6) is -1.44. The molecule has 1 amide bonds. The van der Waals surface area contributed by atoms with E-state index in [0.717, 1.165) is 14.0 Å². The van der Waals surface area contributed by atoms with Gasteiger partial charge in [-0.1, -0.05) is 0 Å². The van der Waals surface area contributed by atoms with E-state index in [9.17, 15) is 18.4 Å². The quantitative estimate of drug-likeness (QED) is 0.595. The number of carboxylic acids is 1. The van der Waals surface area contributed by atoms with Crippen LogP contribution < -0.4 is 5.32 Å². The number of methoxy groups -OCH3 is 1. The smallest absolute Gasteiger partial charge is 0.407 e. The van der Waals surface area contributed by atoms with Crippen LogP contribution in [0.5, 0.6) is 0 Å². The summed E-state index contributed by atoms with van der Waals surface area (Å²) in [6.45, 7) is 1.16. The molecule has 0 aromatic rings. The summed E-state index contributed by atoms with van der Waals surface area (Å²) in [5, 5.41) is 9.26. The van der Waals surface area contributed by atoms with E-state index in [1.807, 2.05) is 5.32 Å². The van der Waals surface area contributed by atoms with Gasteiger partial charge in [-0.15, -0.1) is 0 Å². The number of amides is 1. The Morgan fingerprint density at radius 1 is 1.57 bits per heavy atom. The molecule has 0 bridgehead atoms. The first-order chi connectivity index (χ1) is 6.40. The molecule has 0 aliphatic carbocycles. The highest BCUT2D eigenvalue weighted by molar-refractivity contribution is 7.79. The minimum Gasteiger partial charge on any atom is -0.772 e. The van der Waals surface area contributed by atoms with E-state index in [0.29, 0.717) is 0 Å². The van der Waals surface area contributed by atoms with Crippen molar-refractivity contribution in [2.75, 3.05) is 7.11 Å². The molecule has 0 saturated carbocycles. The average Bonchev–Trinajstić information content (AvgIpc) is 2.11. The van der Waals surface area contributed by atoms with Crippen LogP contribution in [0.25, 0.3) is 0 Å². The van der Waals surface area contributed by atoms with E-state index < -0.39 is 34.4 Å². The van der Waals surface area contributed by atoms with E-state index in [-0.39, 0.29) is 0 Å². The highest BCUT2D eigenvalue weighted by atomic mass is 32.2. The molecule has 0 saturated heterocycles. The lowest BCUT2D eigenvalue weighted by molar-refractivity contribution is -0.139. The summed E-state index contributed by atoms with van der Waals surface area (Å²) in [6.07, 6.45) is -0.991. The number of carboxylic acid groups (broad SMARTS) is 1. The maximum Gasteiger partial charge on any atom is 0.407 e. The fraction of sp³-hybridized carbons (Fsp3) is 0.667. The summed E-state index contributed by atoms with van der Waals surface area (Å²) in [6, 6.07) is -1.51. The molecule has 2 N–H and O–H groups in total. The molecule has 0 aromatic heterocycles. The molecule has 0 heterocycles. The summed E-state index contributed by atoms with van der Waals surface area (Å²) in [5.41, 5.74) is 0. The third-order valence-electron chi connectivity index (χ3n) is 1.50. The summed E-state index contributed by atoms with van der Waals surface area (Å²) < 4.78 is 25.1. The molecular weight excluding hydrogens is 214 g/mol. The summed E-state index contributed by atoms with van der Waals surface area (Å²) in [7, 11) is 1.05. The van der Waals surface area contributed by atoms with Crippen LogP contribution in [-0.2, 0) is 20.6 Å². The number of rotatable bonds is 4. The minimum absolute atomic E-state index is 0.991. The van der Waals surface area contributed by atoms with Crippen molar-refractivity contribution in [2.45, 2.75) is 18.2 Å². The van der Waals surface area contributed by atoms with Gasteiger partial charge >= 0.3 is 12.1 Å². The maximum atomic E-state index is 10.7. The Kier molecular flexibility index (Phi) is 5.10. The first-order valence-corrected chi connectivity index (χ1v) is 4.69. The first-order valence-electron chi connectivity index (χ1n) is 3.55. The van der Waals surface area contributed by atoms with Crippen molar-refractivity contribution in [1.29, 1.82) is 0 Å². The zero-order valence-corrected chi connectivity index (χ0v) is 8.37. The topological polar surface area (TPSA) is 116 Å². The Bertz CT molecular complexity index is 255. The summed E-state index contributed by atoms with van der Waals surface area (Å²) >= 11 is -2.58. The first kappa shape index (κ1) is 12.8. The predicted molar refractivity (Wildman–Crippen MR) is 45.3 cm³/mol. The fourth-order valence-electron chi connectivity index (χ4n) is 0.677. The second-order valence-electron chi connectivity index (χ2n) is 2.42. The van der Waals surface area contributed by atoms with Gasteiger partial charge < -0.3 is 19.7 Å². The molecule has 0 aliphatic heterocycles. The second-order valence-corrected chi connectivity index (χ2v) is 3.68. The molecule has 0 spiro atoms. The van der Waals surface area contributed by atoms with Gasteiger partial charge in [0.2, 0.25) is 0 Å². The Balaban J connectivity index is 4.52. The lowest BCUT2D eigenvalue weighted by Gasteiger charge is -2.22. The van der Waals surface area contributed by atoms with Gasteiger partial charge in [0.15, 0.2) is 0 Å². The van der Waals surface area contributed by atoms with Crippen molar-refractivity contribution >= 4 is 23.1 Å². The van der Waals surface area contributed by atoms with Gasteiger partial charge in [0.05, 0.1) is 7.11 Å². The van der Waals surface area contributed by atoms with Crippen LogP contribution in [0.3, 0.4) is 0 Å². The van der Waals surface area contributed by atoms with E-state index >= 15 is 0 Å². The molecule has 8 heteroatoms. The molecular formula is C6H10NO6S-. The summed E-state index contributed by atoms with van der Waals surface area (Å²) in [4.78, 5) is 21.2. The Morgan fingerprint density at radius 2 is 2.07 bits per heavy atom. The highest BCUT2D eigenvalue weighted by Gasteiger charge is 2.27. The molecule has 7 nitrogen and oxygen atoms in total. The zero-order valence-electron chi connectivity index (χ0n) is 7.55. The van der Waals surface area contributed by atoms with Crippen LogP contribution in [0.15, 0.2) is 0 Å². The van der Waals surface area contributed by atoms with Gasteiger partial charge in [-0.25, -0.2) is 9.59 Å². The van der Waals surface area contributed by atoms with Gasteiger partial charge in [0.1, 0.15) is 6.04 Å². The van der Waals surface area contributed by atoms with Crippen molar-refractivity contribution in [3.05, 3.63) is 0 Å². The van der Waals surface area contributed by atoms with Gasteiger partial charge in [-0.05, 0) is 18.0 Å². The van der Waals surface area contributed by atoms with Gasteiger partial charge in [0.25, 0.3) is 0 Å². The zero-order chi connectivity index (χ0) is 11.3. The number of nitrogens with one attached hydrogen (secondary N) is 1. The van der Waals surface area contributed by atoms with Crippen LogP contribution >= 0.6 is 0 Å². The third kappa shape index (κ3) is 3.71. The number of ether oxygens (including phenoxy) is 1. The fourth-order valence-corrected chi connectivity index (χ4v) is 1.08. The number of hydrogen-bond acceptors (Lipinski definition) is 5. The van der Waals surface area contributed by atoms with Gasteiger partial charge in [-0.3, -0.25) is 4.21 Å². The Hall–Kier alpha value is -1.15. The Labute approximate surface area is 82.7 Å². The van der Waals surface area contributed by atoms with Crippen molar-refractivity contribution in [1.82, 2.24) is 5.32 Å². The number of aliphatic carboxylic acids is 1. The van der Waals surface area contributed by atoms with E-state index in [1.54, 1.807) is 0 Å². The molecule has 14 heavy (non-hydrogen) atoms. The van der Waals surface area contributed by atoms with Crippen molar-refractivity contribution in [2.24, 2.45) is 0 Å². The van der Waals surface area contributed by atoms with E-state index in [2.05, 4.69) is 4.74 Å². The van der Waals surface area contributed by atoms with Crippen LogP contribution in [0, 0.1) is 0 Å². The van der Waals surface area contributed by atoms with Crippen LogP contribution in [0.4, 0.5) is 4.79 Å². The van der Waals surface area contributed by atoms with Crippen LogP contribution in [0.2, 0.25) is 0 Å². The van der Waals surface area contributed by atoms with Crippen molar-refractivity contribution < 1.29 is 28.2 Å². The normalized spacial score (nSPS) is 16.5. The largest absolute Gasteiger partial charge is 0.772 e. The molecule has 0 fully saturated rings. The van der Waals surface area contributed by atoms with Crippen molar-refractivity contribution in [3.8, 4) is 0 Å². The molecule has 0 aliphatic rings. The monoisotopic (exact) mass is 224 g/mol. The molecule has 3 unspecified atom stereocenters. The Morgan fingerprint density at radius 3 is 2.36 bits per heavy atom. The second kappa shape index (κ2) is 5.55. The lowest BCUT2D eigenvalue weighted by Crippen LogP contribution is -2.49. The third-order valence-corrected chi connectivity index (χ3v) is 2.38. The van der Waals surface area contributed by atoms with E-state index in [1.165, 1.54) is 0 Å². The molecule has 3 atom stereocenters. The highest BCUT2D eigenvalue weighted by Crippen LogP contribution is 2.01. The number of hydrogen-bond donors (Lipinski definition) is 2. The van der Waals surface area contributed by atoms with Crippen LogP contribution in [-0.4, -0.2) is 44.3 Å².